The van der Waals surface area contributed by atoms with Gasteiger partial charge < -0.3 is 25.7 Å². The van der Waals surface area contributed by atoms with Gasteiger partial charge in [-0.05, 0) is 92.8 Å². The van der Waals surface area contributed by atoms with Gasteiger partial charge in [0.15, 0.2) is 0 Å². The first-order valence-electron chi connectivity index (χ1n) is 13.7. The number of ether oxygens (including phenoxy) is 3. The van der Waals surface area contributed by atoms with Crippen molar-refractivity contribution in [3.8, 4) is 5.75 Å². The summed E-state index contributed by atoms with van der Waals surface area (Å²) >= 11 is 0. The van der Waals surface area contributed by atoms with Crippen LogP contribution < -0.4 is 16.2 Å². The van der Waals surface area contributed by atoms with Gasteiger partial charge in [0, 0.05) is 23.9 Å². The van der Waals surface area contributed by atoms with Crippen LogP contribution in [0.3, 0.4) is 0 Å². The van der Waals surface area contributed by atoms with Crippen LogP contribution in [-0.4, -0.2) is 37.4 Å². The maximum Gasteiger partial charge on any atom is 0.400 e. The van der Waals surface area contributed by atoms with Gasteiger partial charge in [-0.15, -0.1) is 0 Å². The van der Waals surface area contributed by atoms with E-state index in [4.69, 9.17) is 25.7 Å². The zero-order valence-corrected chi connectivity index (χ0v) is 23.0. The van der Waals surface area contributed by atoms with Crippen molar-refractivity contribution in [3.05, 3.63) is 59.7 Å². The summed E-state index contributed by atoms with van der Waals surface area (Å²) in [6, 6.07) is 10.2. The first kappa shape index (κ1) is 32.7. The number of esters is 2. The summed E-state index contributed by atoms with van der Waals surface area (Å²) < 4.78 is 81.8. The van der Waals surface area contributed by atoms with E-state index in [0.717, 1.165) is 0 Å². The molecule has 12 heteroatoms. The quantitative estimate of drug-likeness (QED) is 0.0827. The molecule has 1 saturated carbocycles. The average Bonchev–Trinajstić information content (AvgIpc) is 2.92. The van der Waals surface area contributed by atoms with E-state index in [1.807, 2.05) is 0 Å². The molecule has 0 aliphatic heterocycles. The fraction of sp³-hybridized carbons (Fsp3) is 0.467. The van der Waals surface area contributed by atoms with E-state index in [2.05, 4.69) is 0 Å². The molecule has 3 rings (SSSR count). The predicted octanol–water partition coefficient (Wildman–Crippen LogP) is 7.17. The van der Waals surface area contributed by atoms with Crippen LogP contribution in [0, 0.1) is 11.8 Å². The summed E-state index contributed by atoms with van der Waals surface area (Å²) in [6.07, 6.45) is -4.20. The lowest BCUT2D eigenvalue weighted by atomic mass is 9.79. The van der Waals surface area contributed by atoms with Crippen LogP contribution >= 0.6 is 0 Å². The number of halogens is 5. The first-order valence-corrected chi connectivity index (χ1v) is 13.7. The molecule has 2 aromatic carbocycles. The number of carbonyl (C=O) groups is 2. The Kier molecular flexibility index (Phi) is 11.6. The standard InChI is InChI=1S/C30H35F5N2O5/c31-29(32,33)14-13-21-3-8-23(9-4-21)30(34,35)42-26-10-5-20(6-11-26)7-12-27(38)40-15-1-2-16-41-28(39)22-17-24(36)19-25(37)18-22/h5-7,10-12,17-19,21,23H,1-4,8-9,13-16,36-37H2/b12-7+. The van der Waals surface area contributed by atoms with Crippen LogP contribution in [0.15, 0.2) is 48.5 Å². The molecule has 2 aromatic rings. The highest BCUT2D eigenvalue weighted by Crippen LogP contribution is 2.42. The van der Waals surface area contributed by atoms with Gasteiger partial charge in [-0.1, -0.05) is 12.1 Å². The highest BCUT2D eigenvalue weighted by atomic mass is 19.4. The van der Waals surface area contributed by atoms with Gasteiger partial charge in [0.25, 0.3) is 0 Å². The van der Waals surface area contributed by atoms with Gasteiger partial charge >= 0.3 is 24.2 Å². The van der Waals surface area contributed by atoms with Crippen molar-refractivity contribution < 1.29 is 45.8 Å². The minimum absolute atomic E-state index is 0.0371. The minimum Gasteiger partial charge on any atom is -0.463 e. The molecule has 1 fully saturated rings. The third-order valence-corrected chi connectivity index (χ3v) is 6.93. The van der Waals surface area contributed by atoms with Gasteiger partial charge in [-0.3, -0.25) is 0 Å². The number of nitrogens with two attached hydrogens (primary N) is 2. The zero-order valence-electron chi connectivity index (χ0n) is 23.0. The normalized spacial score (nSPS) is 17.6. The third kappa shape index (κ3) is 11.2. The van der Waals surface area contributed by atoms with E-state index in [-0.39, 0.29) is 49.7 Å². The maximum absolute atomic E-state index is 14.7. The summed E-state index contributed by atoms with van der Waals surface area (Å²) in [7, 11) is 0. The molecule has 0 amide bonds. The van der Waals surface area contributed by atoms with E-state index < -0.39 is 36.6 Å². The summed E-state index contributed by atoms with van der Waals surface area (Å²) in [5.74, 6) is -2.48. The zero-order chi connectivity index (χ0) is 30.8. The molecule has 1 aliphatic rings. The molecular formula is C30H35F5N2O5. The lowest BCUT2D eigenvalue weighted by Crippen LogP contribution is -2.37. The molecule has 0 aromatic heterocycles. The van der Waals surface area contributed by atoms with Crippen LogP contribution in [0.2, 0.25) is 0 Å². The molecule has 0 saturated heterocycles. The largest absolute Gasteiger partial charge is 0.463 e. The van der Waals surface area contributed by atoms with Crippen molar-refractivity contribution in [2.24, 2.45) is 11.8 Å². The number of carbonyl (C=O) groups excluding carboxylic acids is 2. The third-order valence-electron chi connectivity index (χ3n) is 6.93. The SMILES string of the molecule is Nc1cc(N)cc(C(=O)OCCCCOC(=O)/C=C/c2ccc(OC(F)(F)C3CCC(CCC(F)(F)F)CC3)cc2)c1. The van der Waals surface area contributed by atoms with E-state index in [1.165, 1.54) is 54.6 Å². The van der Waals surface area contributed by atoms with Gasteiger partial charge in [0.2, 0.25) is 0 Å². The highest BCUT2D eigenvalue weighted by Gasteiger charge is 2.44. The number of hydrogen-bond donors (Lipinski definition) is 2. The number of hydrogen-bond acceptors (Lipinski definition) is 7. The summed E-state index contributed by atoms with van der Waals surface area (Å²) in [5.41, 5.74) is 12.8. The fourth-order valence-corrected chi connectivity index (χ4v) is 4.67. The Morgan fingerprint density at radius 3 is 2.05 bits per heavy atom. The van der Waals surface area contributed by atoms with Crippen molar-refractivity contribution in [1.82, 2.24) is 0 Å². The lowest BCUT2D eigenvalue weighted by Gasteiger charge is -2.33. The second kappa shape index (κ2) is 14.9. The molecule has 0 spiro atoms. The monoisotopic (exact) mass is 598 g/mol. The van der Waals surface area contributed by atoms with Gasteiger partial charge in [-0.25, -0.2) is 9.59 Å². The number of alkyl halides is 5. The van der Waals surface area contributed by atoms with Crippen LogP contribution in [0.25, 0.3) is 6.08 Å². The highest BCUT2D eigenvalue weighted by molar-refractivity contribution is 5.91. The molecule has 0 radical (unpaired) electrons. The Morgan fingerprint density at radius 2 is 1.45 bits per heavy atom. The number of benzene rings is 2. The van der Waals surface area contributed by atoms with Crippen LogP contribution in [0.5, 0.6) is 5.75 Å². The van der Waals surface area contributed by atoms with Crippen LogP contribution in [0.1, 0.15) is 67.3 Å². The molecule has 4 N–H and O–H groups in total. The van der Waals surface area contributed by atoms with Crippen molar-refractivity contribution in [2.45, 2.75) is 63.7 Å². The molecular weight excluding hydrogens is 563 g/mol. The lowest BCUT2D eigenvalue weighted by molar-refractivity contribution is -0.224. The predicted molar refractivity (Wildman–Crippen MR) is 148 cm³/mol. The second-order valence-corrected chi connectivity index (χ2v) is 10.3. The van der Waals surface area contributed by atoms with Crippen LogP contribution in [-0.2, 0) is 14.3 Å². The molecule has 0 atom stereocenters. The molecule has 230 valence electrons. The topological polar surface area (TPSA) is 114 Å². The Hall–Kier alpha value is -3.83. The van der Waals surface area contributed by atoms with E-state index in [0.29, 0.717) is 42.6 Å². The van der Waals surface area contributed by atoms with E-state index in [1.54, 1.807) is 0 Å². The fourth-order valence-electron chi connectivity index (χ4n) is 4.67. The number of anilines is 2. The Balaban J connectivity index is 1.33. The molecule has 0 heterocycles. The number of unbranched alkanes of at least 4 members (excludes halogenated alkanes) is 1. The van der Waals surface area contributed by atoms with Gasteiger partial charge in [-0.2, -0.15) is 22.0 Å². The summed E-state index contributed by atoms with van der Waals surface area (Å²) in [4.78, 5) is 24.0. The smallest absolute Gasteiger partial charge is 0.400 e. The Bertz CT molecular complexity index is 1190. The van der Waals surface area contributed by atoms with Gasteiger partial charge in [0.1, 0.15) is 5.75 Å². The van der Waals surface area contributed by atoms with E-state index in [9.17, 15) is 31.5 Å². The number of nitrogen functional groups attached to an aromatic ring is 2. The van der Waals surface area contributed by atoms with Crippen molar-refractivity contribution >= 4 is 29.4 Å². The van der Waals surface area contributed by atoms with E-state index >= 15 is 0 Å². The molecule has 0 unspecified atom stereocenters. The Labute approximate surface area is 241 Å². The molecule has 42 heavy (non-hydrogen) atoms. The summed E-state index contributed by atoms with van der Waals surface area (Å²) in [5, 5.41) is 0. The van der Waals surface area contributed by atoms with Crippen molar-refractivity contribution in [3.63, 3.8) is 0 Å². The maximum atomic E-state index is 14.7. The molecule has 0 bridgehead atoms. The average molecular weight is 599 g/mol. The van der Waals surface area contributed by atoms with Gasteiger partial charge in [0.05, 0.1) is 24.7 Å². The number of rotatable bonds is 13. The molecule has 7 nitrogen and oxygen atoms in total. The van der Waals surface area contributed by atoms with Crippen molar-refractivity contribution in [1.29, 1.82) is 0 Å². The summed E-state index contributed by atoms with van der Waals surface area (Å²) in [6.45, 7) is 0.232. The Morgan fingerprint density at radius 1 is 0.857 bits per heavy atom. The first-order chi connectivity index (χ1) is 19.8. The van der Waals surface area contributed by atoms with Crippen molar-refractivity contribution in [2.75, 3.05) is 24.7 Å². The minimum atomic E-state index is -4.23. The molecule has 1 aliphatic carbocycles. The van der Waals surface area contributed by atoms with Crippen LogP contribution in [0.4, 0.5) is 33.3 Å². The second-order valence-electron chi connectivity index (χ2n) is 10.3.